The number of fused-ring (bicyclic) bond motifs is 1. The fourth-order valence-corrected chi connectivity index (χ4v) is 3.76. The van der Waals surface area contributed by atoms with Crippen molar-refractivity contribution in [1.82, 2.24) is 24.4 Å². The highest BCUT2D eigenvalue weighted by atomic mass is 19.1. The van der Waals surface area contributed by atoms with Crippen LogP contribution in [0.2, 0.25) is 0 Å². The van der Waals surface area contributed by atoms with Gasteiger partial charge in [0.2, 0.25) is 11.9 Å². The van der Waals surface area contributed by atoms with Crippen molar-refractivity contribution in [3.05, 3.63) is 59.8 Å². The Morgan fingerprint density at radius 3 is 2.76 bits per heavy atom. The van der Waals surface area contributed by atoms with Crippen LogP contribution in [0.1, 0.15) is 44.7 Å². The number of pyridine rings is 1. The van der Waals surface area contributed by atoms with Crippen LogP contribution in [0.3, 0.4) is 0 Å². The maximum absolute atomic E-state index is 15.4. The SMILES string of the molecule is C/C=C(\C=C/C(C)CC(=O)N(C)C)Nc1ncc2c(F)c(C3CC3)n(-c3cccc(N)n3)c2n1. The molecule has 1 unspecified atom stereocenters. The third kappa shape index (κ3) is 4.93. The van der Waals surface area contributed by atoms with Crippen LogP contribution in [-0.2, 0) is 4.79 Å². The van der Waals surface area contributed by atoms with Gasteiger partial charge in [-0.05, 0) is 43.9 Å². The Morgan fingerprint density at radius 2 is 2.12 bits per heavy atom. The summed E-state index contributed by atoms with van der Waals surface area (Å²) in [6.07, 6.45) is 9.53. The van der Waals surface area contributed by atoms with E-state index >= 15 is 4.39 Å². The fraction of sp³-hybridized carbons (Fsp3) is 0.360. The van der Waals surface area contributed by atoms with Crippen molar-refractivity contribution < 1.29 is 9.18 Å². The number of halogens is 1. The zero-order chi connectivity index (χ0) is 24.4. The van der Waals surface area contributed by atoms with Gasteiger partial charge in [0.1, 0.15) is 11.6 Å². The van der Waals surface area contributed by atoms with E-state index in [4.69, 9.17) is 5.73 Å². The van der Waals surface area contributed by atoms with Gasteiger partial charge in [-0.1, -0.05) is 25.1 Å². The number of allylic oxidation sites excluding steroid dienone is 3. The molecule has 0 spiro atoms. The summed E-state index contributed by atoms with van der Waals surface area (Å²) >= 11 is 0. The lowest BCUT2D eigenvalue weighted by atomic mass is 10.1. The number of hydrogen-bond donors (Lipinski definition) is 2. The fourth-order valence-electron chi connectivity index (χ4n) is 3.76. The van der Waals surface area contributed by atoms with E-state index in [1.807, 2.05) is 32.1 Å². The van der Waals surface area contributed by atoms with Crippen molar-refractivity contribution in [3.63, 3.8) is 0 Å². The van der Waals surface area contributed by atoms with Crippen molar-refractivity contribution >= 4 is 28.7 Å². The van der Waals surface area contributed by atoms with Crippen LogP contribution in [-0.4, -0.2) is 44.4 Å². The van der Waals surface area contributed by atoms with Gasteiger partial charge >= 0.3 is 0 Å². The predicted molar refractivity (Wildman–Crippen MR) is 132 cm³/mol. The zero-order valence-electron chi connectivity index (χ0n) is 19.9. The average Bonchev–Trinajstić information content (AvgIpc) is 3.60. The molecule has 3 aromatic rings. The van der Waals surface area contributed by atoms with Crippen LogP contribution in [0.25, 0.3) is 16.9 Å². The third-order valence-corrected chi connectivity index (χ3v) is 5.80. The van der Waals surface area contributed by atoms with Crippen LogP contribution >= 0.6 is 0 Å². The third-order valence-electron chi connectivity index (χ3n) is 5.80. The molecule has 0 radical (unpaired) electrons. The molecule has 0 saturated heterocycles. The van der Waals surface area contributed by atoms with Gasteiger partial charge in [-0.25, -0.2) is 14.4 Å². The van der Waals surface area contributed by atoms with Gasteiger partial charge in [-0.3, -0.25) is 9.36 Å². The van der Waals surface area contributed by atoms with E-state index in [1.165, 1.54) is 6.20 Å². The van der Waals surface area contributed by atoms with E-state index in [-0.39, 0.29) is 23.6 Å². The van der Waals surface area contributed by atoms with E-state index in [0.29, 0.717) is 40.7 Å². The van der Waals surface area contributed by atoms with E-state index in [0.717, 1.165) is 18.5 Å². The lowest BCUT2D eigenvalue weighted by Crippen LogP contribution is -2.23. The summed E-state index contributed by atoms with van der Waals surface area (Å²) in [6.45, 7) is 3.88. The zero-order valence-corrected chi connectivity index (χ0v) is 19.9. The highest BCUT2D eigenvalue weighted by molar-refractivity contribution is 5.81. The maximum Gasteiger partial charge on any atom is 0.229 e. The smallest absolute Gasteiger partial charge is 0.229 e. The normalized spacial score (nSPS) is 15.1. The van der Waals surface area contributed by atoms with Crippen LogP contribution in [0, 0.1) is 11.7 Å². The van der Waals surface area contributed by atoms with Gasteiger partial charge in [0.25, 0.3) is 0 Å². The number of aromatic nitrogens is 4. The lowest BCUT2D eigenvalue weighted by Gasteiger charge is -2.13. The number of hydrogen-bond acceptors (Lipinski definition) is 6. The second-order valence-electron chi connectivity index (χ2n) is 8.86. The van der Waals surface area contributed by atoms with Crippen LogP contribution in [0.5, 0.6) is 0 Å². The Kier molecular flexibility index (Phi) is 6.63. The lowest BCUT2D eigenvalue weighted by molar-refractivity contribution is -0.129. The van der Waals surface area contributed by atoms with Crippen molar-refractivity contribution in [2.45, 2.75) is 39.0 Å². The number of carbonyl (C=O) groups excluding carboxylic acids is 1. The summed E-state index contributed by atoms with van der Waals surface area (Å²) in [5.74, 6) is 1.20. The second kappa shape index (κ2) is 9.62. The van der Waals surface area contributed by atoms with Crippen molar-refractivity contribution in [3.8, 4) is 5.82 Å². The van der Waals surface area contributed by atoms with Crippen molar-refractivity contribution in [2.24, 2.45) is 5.92 Å². The van der Waals surface area contributed by atoms with Crippen molar-refractivity contribution in [1.29, 1.82) is 0 Å². The first-order valence-electron chi connectivity index (χ1n) is 11.4. The molecule has 1 saturated carbocycles. The molecule has 3 N–H and O–H groups in total. The van der Waals surface area contributed by atoms with Gasteiger partial charge in [0.05, 0.1) is 11.1 Å². The number of carbonyl (C=O) groups is 1. The highest BCUT2D eigenvalue weighted by Gasteiger charge is 2.34. The summed E-state index contributed by atoms with van der Waals surface area (Å²) in [6, 6.07) is 5.29. The summed E-state index contributed by atoms with van der Waals surface area (Å²) < 4.78 is 17.1. The Labute approximate surface area is 198 Å². The topological polar surface area (TPSA) is 102 Å². The second-order valence-corrected chi connectivity index (χ2v) is 8.86. The summed E-state index contributed by atoms with van der Waals surface area (Å²) in [5, 5.41) is 3.54. The van der Waals surface area contributed by atoms with E-state index in [2.05, 4.69) is 20.3 Å². The number of nitrogen functional groups attached to an aromatic ring is 1. The molecule has 8 nitrogen and oxygen atoms in total. The molecule has 4 rings (SSSR count). The molecule has 1 fully saturated rings. The maximum atomic E-state index is 15.4. The minimum absolute atomic E-state index is 0.0667. The number of nitrogens with zero attached hydrogens (tertiary/aromatic N) is 5. The monoisotopic (exact) mass is 463 g/mol. The molecular formula is C25H30FN7O. The molecule has 3 heterocycles. The Bertz CT molecular complexity index is 1270. The molecule has 1 aliphatic carbocycles. The Morgan fingerprint density at radius 1 is 1.35 bits per heavy atom. The Hall–Kier alpha value is -3.75. The first-order valence-corrected chi connectivity index (χ1v) is 11.4. The van der Waals surface area contributed by atoms with Gasteiger partial charge in [0, 0.05) is 38.3 Å². The molecule has 178 valence electrons. The van der Waals surface area contributed by atoms with E-state index in [1.54, 1.807) is 41.8 Å². The van der Waals surface area contributed by atoms with E-state index in [9.17, 15) is 4.79 Å². The molecule has 0 bridgehead atoms. The predicted octanol–water partition coefficient (Wildman–Crippen LogP) is 4.40. The van der Waals surface area contributed by atoms with Gasteiger partial charge in [-0.15, -0.1) is 0 Å². The summed E-state index contributed by atoms with van der Waals surface area (Å²) in [7, 11) is 3.50. The minimum atomic E-state index is -0.307. The molecule has 1 atom stereocenters. The van der Waals surface area contributed by atoms with Crippen LogP contribution < -0.4 is 11.1 Å². The Balaban J connectivity index is 1.65. The average molecular weight is 464 g/mol. The number of amides is 1. The molecule has 9 heteroatoms. The summed E-state index contributed by atoms with van der Waals surface area (Å²) in [4.78, 5) is 26.9. The van der Waals surface area contributed by atoms with Crippen LogP contribution in [0.4, 0.5) is 16.2 Å². The number of nitrogens with one attached hydrogen (secondary N) is 1. The first kappa shape index (κ1) is 23.4. The first-order chi connectivity index (χ1) is 16.3. The van der Waals surface area contributed by atoms with E-state index < -0.39 is 0 Å². The summed E-state index contributed by atoms with van der Waals surface area (Å²) in [5.41, 5.74) is 7.69. The molecular weight excluding hydrogens is 433 g/mol. The molecule has 3 aromatic heterocycles. The number of rotatable bonds is 8. The molecule has 1 amide bonds. The van der Waals surface area contributed by atoms with Gasteiger partial charge in [-0.2, -0.15) is 4.98 Å². The molecule has 0 aromatic carbocycles. The highest BCUT2D eigenvalue weighted by Crippen LogP contribution is 2.45. The number of anilines is 2. The quantitative estimate of drug-likeness (QED) is 0.480. The molecule has 34 heavy (non-hydrogen) atoms. The van der Waals surface area contributed by atoms with Crippen LogP contribution in [0.15, 0.2) is 48.3 Å². The van der Waals surface area contributed by atoms with Gasteiger partial charge in [0.15, 0.2) is 11.5 Å². The standard InChI is InChI=1S/C25H30FN7O/c1-5-17(12-9-15(2)13-21(34)32(3)4)29-25-28-14-18-22(26)23(16-10-11-16)33(24(18)31-25)20-8-6-7-19(27)30-20/h5-9,12,14-16H,10-11,13H2,1-4H3,(H2,27,30)(H,28,29,31)/b12-9-,17-5+. The minimum Gasteiger partial charge on any atom is -0.384 e. The molecule has 1 aliphatic rings. The van der Waals surface area contributed by atoms with Crippen molar-refractivity contribution in [2.75, 3.05) is 25.1 Å². The largest absolute Gasteiger partial charge is 0.384 e. The molecule has 0 aliphatic heterocycles. The number of nitrogens with two attached hydrogens (primary N) is 1. The van der Waals surface area contributed by atoms with Gasteiger partial charge < -0.3 is 16.0 Å².